The number of H-pyrrole nitrogens is 1. The second-order valence-electron chi connectivity index (χ2n) is 9.03. The molecule has 3 aromatic rings. The predicted octanol–water partition coefficient (Wildman–Crippen LogP) is 1.98. The molecule has 1 saturated heterocycles. The smallest absolute Gasteiger partial charge is 0.408 e. The van der Waals surface area contributed by atoms with E-state index in [0.717, 1.165) is 49.6 Å². The van der Waals surface area contributed by atoms with Gasteiger partial charge in [-0.25, -0.2) is 19.4 Å². The van der Waals surface area contributed by atoms with Crippen LogP contribution in [0.15, 0.2) is 53.7 Å². The maximum atomic E-state index is 12.8. The van der Waals surface area contributed by atoms with Gasteiger partial charge in [0.25, 0.3) is 0 Å². The SMILES string of the molecule is Cc1cn(C[C@H](NC(=O)OCc2ccccc2)C(=O)O)c(=O)nc1N1CCC(CNc2ncc[nH]2)CC1. The van der Waals surface area contributed by atoms with E-state index in [9.17, 15) is 19.5 Å². The van der Waals surface area contributed by atoms with Crippen molar-refractivity contribution in [3.8, 4) is 0 Å². The summed E-state index contributed by atoms with van der Waals surface area (Å²) in [6.45, 7) is 3.89. The summed E-state index contributed by atoms with van der Waals surface area (Å²) < 4.78 is 6.32. The number of anilines is 2. The standard InChI is InChI=1S/C25H31N7O5/c1-17-14-32(15-20(22(33)34)29-25(36)37-16-19-5-3-2-4-6-19)24(35)30-21(17)31-11-7-18(8-12-31)13-28-23-26-9-10-27-23/h2-6,9-10,14,18,20H,7-8,11-13,15-16H2,1H3,(H,29,36)(H,33,34)(H2,26,27,28)/t20-/m0/s1. The molecule has 0 saturated carbocycles. The molecule has 1 fully saturated rings. The van der Waals surface area contributed by atoms with Crippen LogP contribution in [0.1, 0.15) is 24.0 Å². The van der Waals surface area contributed by atoms with Crippen LogP contribution in [-0.2, 0) is 22.7 Å². The zero-order valence-corrected chi connectivity index (χ0v) is 20.6. The van der Waals surface area contributed by atoms with Crippen LogP contribution in [0.25, 0.3) is 0 Å². The number of aromatic amines is 1. The molecule has 1 aliphatic heterocycles. The van der Waals surface area contributed by atoms with Crippen LogP contribution in [0.3, 0.4) is 0 Å². The van der Waals surface area contributed by atoms with Gasteiger partial charge in [-0.3, -0.25) is 4.57 Å². The summed E-state index contributed by atoms with van der Waals surface area (Å²) in [7, 11) is 0. The first-order valence-corrected chi connectivity index (χ1v) is 12.2. The predicted molar refractivity (Wildman–Crippen MR) is 136 cm³/mol. The molecule has 4 rings (SSSR count). The Bertz CT molecular complexity index is 1240. The number of ether oxygens (including phenoxy) is 1. The molecule has 0 aliphatic carbocycles. The van der Waals surface area contributed by atoms with Gasteiger partial charge in [0, 0.05) is 43.8 Å². The first-order chi connectivity index (χ1) is 17.9. The van der Waals surface area contributed by atoms with Crippen molar-refractivity contribution < 1.29 is 19.4 Å². The fourth-order valence-corrected chi connectivity index (χ4v) is 4.28. The number of amides is 1. The molecule has 1 aliphatic rings. The van der Waals surface area contributed by atoms with E-state index in [0.29, 0.717) is 11.7 Å². The van der Waals surface area contributed by atoms with Crippen molar-refractivity contribution in [1.29, 1.82) is 0 Å². The summed E-state index contributed by atoms with van der Waals surface area (Å²) in [5, 5.41) is 15.2. The number of hydrogen-bond acceptors (Lipinski definition) is 8. The lowest BCUT2D eigenvalue weighted by molar-refractivity contribution is -0.139. The van der Waals surface area contributed by atoms with Gasteiger partial charge in [0.15, 0.2) is 5.95 Å². The van der Waals surface area contributed by atoms with Crippen molar-refractivity contribution in [1.82, 2.24) is 24.8 Å². The number of nitrogens with zero attached hydrogens (tertiary/aromatic N) is 4. The van der Waals surface area contributed by atoms with Gasteiger partial charge in [0.2, 0.25) is 0 Å². The number of imidazole rings is 1. The van der Waals surface area contributed by atoms with Gasteiger partial charge in [-0.2, -0.15) is 4.98 Å². The molecule has 196 valence electrons. The third-order valence-corrected chi connectivity index (χ3v) is 6.30. The summed E-state index contributed by atoms with van der Waals surface area (Å²) in [6, 6.07) is 7.68. The van der Waals surface area contributed by atoms with Crippen LogP contribution >= 0.6 is 0 Å². The van der Waals surface area contributed by atoms with Crippen LogP contribution in [0.4, 0.5) is 16.6 Å². The Morgan fingerprint density at radius 2 is 2.00 bits per heavy atom. The third kappa shape index (κ3) is 7.09. The van der Waals surface area contributed by atoms with Crippen molar-refractivity contribution in [3.05, 3.63) is 70.5 Å². The van der Waals surface area contributed by atoms with Gasteiger partial charge in [-0.15, -0.1) is 0 Å². The van der Waals surface area contributed by atoms with E-state index in [1.807, 2.05) is 25.1 Å². The lowest BCUT2D eigenvalue weighted by Crippen LogP contribution is -2.46. The Balaban J connectivity index is 1.32. The van der Waals surface area contributed by atoms with Crippen LogP contribution in [0.5, 0.6) is 0 Å². The number of benzene rings is 1. The molecule has 1 atom stereocenters. The molecule has 0 bridgehead atoms. The highest BCUT2D eigenvalue weighted by Gasteiger charge is 2.25. The lowest BCUT2D eigenvalue weighted by atomic mass is 9.96. The molecule has 1 aromatic carbocycles. The number of hydrogen-bond donors (Lipinski definition) is 4. The Hall–Kier alpha value is -4.35. The molecule has 2 aromatic heterocycles. The fourth-order valence-electron chi connectivity index (χ4n) is 4.28. The maximum Gasteiger partial charge on any atom is 0.408 e. The molecular weight excluding hydrogens is 478 g/mol. The number of piperidine rings is 1. The average molecular weight is 510 g/mol. The van der Waals surface area contributed by atoms with Crippen LogP contribution < -0.4 is 21.2 Å². The minimum Gasteiger partial charge on any atom is -0.480 e. The first kappa shape index (κ1) is 25.7. The van der Waals surface area contributed by atoms with Crippen LogP contribution in [-0.4, -0.2) is 62.4 Å². The number of nitrogens with one attached hydrogen (secondary N) is 3. The number of alkyl carbamates (subject to hydrolysis) is 1. The van der Waals surface area contributed by atoms with Gasteiger partial charge in [0.1, 0.15) is 18.5 Å². The summed E-state index contributed by atoms with van der Waals surface area (Å²) in [6.07, 6.45) is 6.06. The minimum absolute atomic E-state index is 0.00389. The Morgan fingerprint density at radius 1 is 1.24 bits per heavy atom. The van der Waals surface area contributed by atoms with Gasteiger partial charge in [-0.05, 0) is 31.2 Å². The first-order valence-electron chi connectivity index (χ1n) is 12.2. The van der Waals surface area contributed by atoms with Crippen molar-refractivity contribution in [2.45, 2.75) is 39.0 Å². The molecule has 37 heavy (non-hydrogen) atoms. The van der Waals surface area contributed by atoms with Crippen molar-refractivity contribution in [3.63, 3.8) is 0 Å². The van der Waals surface area contributed by atoms with Gasteiger partial charge >= 0.3 is 17.8 Å². The van der Waals surface area contributed by atoms with E-state index in [2.05, 4.69) is 30.5 Å². The van der Waals surface area contributed by atoms with Crippen molar-refractivity contribution >= 4 is 23.8 Å². The largest absolute Gasteiger partial charge is 0.480 e. The summed E-state index contributed by atoms with van der Waals surface area (Å²) >= 11 is 0. The summed E-state index contributed by atoms with van der Waals surface area (Å²) in [5.74, 6) is 0.546. The summed E-state index contributed by atoms with van der Waals surface area (Å²) in [4.78, 5) is 50.2. The van der Waals surface area contributed by atoms with Gasteiger partial charge in [-0.1, -0.05) is 30.3 Å². The maximum absolute atomic E-state index is 12.8. The average Bonchev–Trinajstić information content (AvgIpc) is 3.42. The second kappa shape index (κ2) is 12.1. The number of aromatic nitrogens is 4. The molecule has 12 heteroatoms. The number of carbonyl (C=O) groups is 2. The van der Waals surface area contributed by atoms with Crippen molar-refractivity contribution in [2.75, 3.05) is 29.9 Å². The topological polar surface area (TPSA) is 154 Å². The Morgan fingerprint density at radius 3 is 2.68 bits per heavy atom. The second-order valence-corrected chi connectivity index (χ2v) is 9.03. The molecular formula is C25H31N7O5. The zero-order chi connectivity index (χ0) is 26.2. The Kier molecular flexibility index (Phi) is 8.39. The van der Waals surface area contributed by atoms with Crippen molar-refractivity contribution in [2.24, 2.45) is 5.92 Å². The van der Waals surface area contributed by atoms with E-state index in [1.165, 1.54) is 4.57 Å². The molecule has 0 unspecified atom stereocenters. The molecule has 3 heterocycles. The summed E-state index contributed by atoms with van der Waals surface area (Å²) in [5.41, 5.74) is 0.949. The zero-order valence-electron chi connectivity index (χ0n) is 20.6. The molecule has 4 N–H and O–H groups in total. The van der Waals surface area contributed by atoms with E-state index in [-0.39, 0.29) is 13.2 Å². The monoisotopic (exact) mass is 509 g/mol. The molecule has 0 radical (unpaired) electrons. The van der Waals surface area contributed by atoms with E-state index >= 15 is 0 Å². The van der Waals surface area contributed by atoms with Gasteiger partial charge in [0.05, 0.1) is 6.54 Å². The van der Waals surface area contributed by atoms with E-state index in [1.54, 1.807) is 30.7 Å². The molecule has 0 spiro atoms. The quantitative estimate of drug-likeness (QED) is 0.321. The van der Waals surface area contributed by atoms with E-state index < -0.39 is 23.8 Å². The Labute approximate surface area is 213 Å². The number of carbonyl (C=O) groups excluding carboxylic acids is 1. The van der Waals surface area contributed by atoms with Gasteiger partial charge < -0.3 is 30.4 Å². The van der Waals surface area contributed by atoms with Crippen LogP contribution in [0.2, 0.25) is 0 Å². The molecule has 12 nitrogen and oxygen atoms in total. The number of aliphatic carboxylic acids is 1. The molecule has 1 amide bonds. The number of carboxylic acids is 1. The third-order valence-electron chi connectivity index (χ3n) is 6.30. The normalized spacial score (nSPS) is 14.7. The number of aryl methyl sites for hydroxylation is 1. The minimum atomic E-state index is -1.36. The van der Waals surface area contributed by atoms with E-state index in [4.69, 9.17) is 4.74 Å². The highest BCUT2D eigenvalue weighted by molar-refractivity contribution is 5.79. The number of rotatable bonds is 10. The highest BCUT2D eigenvalue weighted by Crippen LogP contribution is 2.23. The number of carboxylic acid groups (broad SMARTS) is 1. The fraction of sp³-hybridized carbons (Fsp3) is 0.400. The highest BCUT2D eigenvalue weighted by atomic mass is 16.5. The lowest BCUT2D eigenvalue weighted by Gasteiger charge is -2.33. The van der Waals surface area contributed by atoms with Crippen LogP contribution in [0, 0.1) is 12.8 Å².